The van der Waals surface area contributed by atoms with Crippen molar-refractivity contribution in [1.82, 2.24) is 0 Å². The Kier molecular flexibility index (Phi) is 5.07. The molecule has 3 rings (SSSR count). The zero-order chi connectivity index (χ0) is 19.7. The highest BCUT2D eigenvalue weighted by molar-refractivity contribution is 6.07. The van der Waals surface area contributed by atoms with Crippen molar-refractivity contribution in [2.45, 2.75) is 19.8 Å². The molecule has 0 N–H and O–H groups in total. The number of carbonyl (C=O) groups excluding carboxylic acids is 2. The van der Waals surface area contributed by atoms with Crippen molar-refractivity contribution in [3.63, 3.8) is 0 Å². The summed E-state index contributed by atoms with van der Waals surface area (Å²) in [5, 5.41) is 0. The molecule has 0 fully saturated rings. The van der Waals surface area contributed by atoms with E-state index in [0.717, 1.165) is 0 Å². The molecule has 144 valence electrons. The lowest BCUT2D eigenvalue weighted by molar-refractivity contribution is -0.143. The van der Waals surface area contributed by atoms with Crippen molar-refractivity contribution in [1.29, 1.82) is 0 Å². The summed E-state index contributed by atoms with van der Waals surface area (Å²) < 4.78 is 26.4. The van der Waals surface area contributed by atoms with E-state index in [1.165, 1.54) is 21.3 Å². The van der Waals surface area contributed by atoms with Gasteiger partial charge in [0.2, 0.25) is 12.5 Å². The third kappa shape index (κ3) is 3.01. The minimum absolute atomic E-state index is 0.0155. The van der Waals surface area contributed by atoms with Gasteiger partial charge >= 0.3 is 11.9 Å². The maximum absolute atomic E-state index is 12.6. The molecule has 2 atom stereocenters. The van der Waals surface area contributed by atoms with Gasteiger partial charge in [0.15, 0.2) is 11.5 Å². The van der Waals surface area contributed by atoms with Crippen LogP contribution in [0.5, 0.6) is 17.2 Å². The molecular formula is C19H21NO7. The van der Waals surface area contributed by atoms with Gasteiger partial charge in [-0.1, -0.05) is 6.07 Å². The molecule has 0 saturated heterocycles. The molecule has 1 aromatic carbocycles. The Hall–Kier alpha value is -3.03. The molecule has 0 saturated carbocycles. The zero-order valence-electron chi connectivity index (χ0n) is 15.8. The summed E-state index contributed by atoms with van der Waals surface area (Å²) in [6.45, 7) is 3.45. The molecule has 0 aliphatic carbocycles. The molecular weight excluding hydrogens is 354 g/mol. The van der Waals surface area contributed by atoms with Gasteiger partial charge in [0, 0.05) is 22.9 Å². The van der Waals surface area contributed by atoms with Gasteiger partial charge in [-0.3, -0.25) is 9.79 Å². The van der Waals surface area contributed by atoms with Gasteiger partial charge in [0.25, 0.3) is 0 Å². The minimum Gasteiger partial charge on any atom is -0.493 e. The second kappa shape index (κ2) is 7.30. The summed E-state index contributed by atoms with van der Waals surface area (Å²) in [7, 11) is 4.11. The molecule has 2 aliphatic rings. The van der Waals surface area contributed by atoms with Crippen molar-refractivity contribution < 1.29 is 33.3 Å². The zero-order valence-corrected chi connectivity index (χ0v) is 15.8. The van der Waals surface area contributed by atoms with E-state index in [4.69, 9.17) is 23.7 Å². The Morgan fingerprint density at radius 1 is 1.07 bits per heavy atom. The standard InChI is InChI=1S/C19H21NO7/c1-9-13(18(21)24-4)15(14(10(2)20-9)19(22)25-5)11-6-7-12(23-3)17-16(11)26-8-27-17/h6-7,13,15H,8H2,1-5H3. The number of rotatable bonds is 4. The molecule has 0 spiro atoms. The molecule has 0 radical (unpaired) electrons. The topological polar surface area (TPSA) is 92.7 Å². The average Bonchev–Trinajstić information content (AvgIpc) is 3.15. The number of esters is 2. The van der Waals surface area contributed by atoms with E-state index >= 15 is 0 Å². The quantitative estimate of drug-likeness (QED) is 0.745. The number of aliphatic imine (C=N–C) groups is 1. The summed E-state index contributed by atoms with van der Waals surface area (Å²) in [5.74, 6) is -1.19. The highest BCUT2D eigenvalue weighted by Gasteiger charge is 2.44. The fourth-order valence-electron chi connectivity index (χ4n) is 3.58. The Labute approximate surface area is 156 Å². The van der Waals surface area contributed by atoms with E-state index in [1.54, 1.807) is 26.0 Å². The summed E-state index contributed by atoms with van der Waals surface area (Å²) in [6, 6.07) is 3.46. The van der Waals surface area contributed by atoms with Crippen LogP contribution in [-0.2, 0) is 19.1 Å². The van der Waals surface area contributed by atoms with Crippen LogP contribution in [-0.4, -0.2) is 45.8 Å². The van der Waals surface area contributed by atoms with Crippen molar-refractivity contribution >= 4 is 17.7 Å². The maximum Gasteiger partial charge on any atom is 0.336 e. The van der Waals surface area contributed by atoms with Gasteiger partial charge in [0.05, 0.1) is 26.9 Å². The number of hydrogen-bond acceptors (Lipinski definition) is 8. The van der Waals surface area contributed by atoms with Crippen LogP contribution in [0, 0.1) is 5.92 Å². The molecule has 1 aromatic rings. The lowest BCUT2D eigenvalue weighted by Crippen LogP contribution is -2.36. The number of benzene rings is 1. The van der Waals surface area contributed by atoms with Crippen LogP contribution >= 0.6 is 0 Å². The fourth-order valence-corrected chi connectivity index (χ4v) is 3.58. The Bertz CT molecular complexity index is 856. The number of methoxy groups -OCH3 is 3. The summed E-state index contributed by atoms with van der Waals surface area (Å²) in [6.07, 6.45) is 0. The van der Waals surface area contributed by atoms with Gasteiger partial charge in [0.1, 0.15) is 5.92 Å². The SMILES string of the molecule is COC(=O)C1=C(C)N=C(C)C(C(=O)OC)C1c1ccc(OC)c2c1OCO2. The van der Waals surface area contributed by atoms with Gasteiger partial charge in [-0.25, -0.2) is 4.79 Å². The number of nitrogens with zero attached hydrogens (tertiary/aromatic N) is 1. The monoisotopic (exact) mass is 375 g/mol. The van der Waals surface area contributed by atoms with Crippen LogP contribution in [0.25, 0.3) is 0 Å². The Morgan fingerprint density at radius 2 is 1.78 bits per heavy atom. The maximum atomic E-state index is 12.6. The lowest BCUT2D eigenvalue weighted by atomic mass is 9.75. The average molecular weight is 375 g/mol. The van der Waals surface area contributed by atoms with Crippen molar-refractivity contribution in [2.75, 3.05) is 28.1 Å². The third-order valence-corrected chi connectivity index (χ3v) is 4.76. The molecule has 8 heteroatoms. The normalized spacial score (nSPS) is 20.9. The number of ether oxygens (including phenoxy) is 5. The number of allylic oxidation sites excluding steroid dienone is 1. The summed E-state index contributed by atoms with van der Waals surface area (Å²) >= 11 is 0. The van der Waals surface area contributed by atoms with E-state index in [1.807, 2.05) is 0 Å². The van der Waals surface area contributed by atoms with Crippen LogP contribution in [0.2, 0.25) is 0 Å². The highest BCUT2D eigenvalue weighted by atomic mass is 16.7. The first-order valence-electron chi connectivity index (χ1n) is 8.33. The van der Waals surface area contributed by atoms with Crippen LogP contribution in [0.15, 0.2) is 28.4 Å². The van der Waals surface area contributed by atoms with E-state index in [9.17, 15) is 9.59 Å². The number of carbonyl (C=O) groups is 2. The molecule has 2 aliphatic heterocycles. The molecule has 0 bridgehead atoms. The second-order valence-corrected chi connectivity index (χ2v) is 6.14. The Balaban J connectivity index is 2.25. The smallest absolute Gasteiger partial charge is 0.336 e. The molecule has 2 unspecified atom stereocenters. The van der Waals surface area contributed by atoms with Crippen LogP contribution in [0.4, 0.5) is 0 Å². The van der Waals surface area contributed by atoms with Crippen LogP contribution < -0.4 is 14.2 Å². The molecule has 27 heavy (non-hydrogen) atoms. The fraction of sp³-hybridized carbons (Fsp3) is 0.421. The van der Waals surface area contributed by atoms with Crippen molar-refractivity contribution in [3.05, 3.63) is 29.0 Å². The molecule has 2 heterocycles. The summed E-state index contributed by atoms with van der Waals surface area (Å²) in [5.41, 5.74) is 1.91. The number of fused-ring (bicyclic) bond motifs is 1. The van der Waals surface area contributed by atoms with E-state index in [2.05, 4.69) is 4.99 Å². The van der Waals surface area contributed by atoms with Crippen molar-refractivity contribution in [3.8, 4) is 17.2 Å². The first-order chi connectivity index (χ1) is 12.9. The van der Waals surface area contributed by atoms with Crippen molar-refractivity contribution in [2.24, 2.45) is 10.9 Å². The van der Waals surface area contributed by atoms with E-state index in [0.29, 0.717) is 34.2 Å². The molecule has 0 amide bonds. The predicted molar refractivity (Wildman–Crippen MR) is 95.2 cm³/mol. The van der Waals surface area contributed by atoms with Gasteiger partial charge in [-0.15, -0.1) is 0 Å². The van der Waals surface area contributed by atoms with Crippen LogP contribution in [0.3, 0.4) is 0 Å². The molecule has 0 aromatic heterocycles. The highest BCUT2D eigenvalue weighted by Crippen LogP contribution is 2.50. The van der Waals surface area contributed by atoms with Gasteiger partial charge < -0.3 is 23.7 Å². The lowest BCUT2D eigenvalue weighted by Gasteiger charge is -2.31. The second-order valence-electron chi connectivity index (χ2n) is 6.14. The van der Waals surface area contributed by atoms with E-state index < -0.39 is 23.8 Å². The summed E-state index contributed by atoms with van der Waals surface area (Å²) in [4.78, 5) is 29.5. The van der Waals surface area contributed by atoms with Crippen LogP contribution in [0.1, 0.15) is 25.3 Å². The third-order valence-electron chi connectivity index (χ3n) is 4.76. The van der Waals surface area contributed by atoms with Gasteiger partial charge in [-0.2, -0.15) is 0 Å². The largest absolute Gasteiger partial charge is 0.493 e. The predicted octanol–water partition coefficient (Wildman–Crippen LogP) is 2.22. The first-order valence-corrected chi connectivity index (χ1v) is 8.33. The minimum atomic E-state index is -0.797. The van der Waals surface area contributed by atoms with E-state index in [-0.39, 0.29) is 12.4 Å². The molecule has 8 nitrogen and oxygen atoms in total. The Morgan fingerprint density at radius 3 is 2.41 bits per heavy atom. The number of hydrogen-bond donors (Lipinski definition) is 0. The van der Waals surface area contributed by atoms with Gasteiger partial charge in [-0.05, 0) is 19.9 Å². The first kappa shape index (κ1) is 18.8.